The first-order chi connectivity index (χ1) is 15.0. The lowest BCUT2D eigenvalue weighted by molar-refractivity contribution is -0.130. The molecule has 9 nitrogen and oxygen atoms in total. The summed E-state index contributed by atoms with van der Waals surface area (Å²) in [6.07, 6.45) is 5.29. The van der Waals surface area contributed by atoms with Crippen molar-refractivity contribution in [2.45, 2.75) is 103 Å². The van der Waals surface area contributed by atoms with Crippen LogP contribution in [0.15, 0.2) is 0 Å². The first-order valence-electron chi connectivity index (χ1n) is 11.8. The van der Waals surface area contributed by atoms with Gasteiger partial charge in [-0.2, -0.15) is 0 Å². The number of amidine groups is 1. The highest BCUT2D eigenvalue weighted by atomic mass is 16.3. The van der Waals surface area contributed by atoms with E-state index in [1.54, 1.807) is 0 Å². The van der Waals surface area contributed by atoms with Gasteiger partial charge in [0.2, 0.25) is 5.91 Å². The van der Waals surface area contributed by atoms with Crippen molar-refractivity contribution < 1.29 is 19.5 Å². The molecule has 0 aliphatic carbocycles. The fourth-order valence-corrected chi connectivity index (χ4v) is 3.61. The van der Waals surface area contributed by atoms with Crippen molar-refractivity contribution in [3.8, 4) is 0 Å². The predicted octanol–water partition coefficient (Wildman–Crippen LogP) is 1.25. The van der Waals surface area contributed by atoms with E-state index >= 15 is 0 Å². The number of carbonyl (C=O) groups excluding carboxylic acids is 3. The van der Waals surface area contributed by atoms with Crippen LogP contribution in [0.3, 0.4) is 0 Å². The van der Waals surface area contributed by atoms with E-state index in [2.05, 4.69) is 10.6 Å². The number of nitrogens with two attached hydrogens (primary N) is 2. The van der Waals surface area contributed by atoms with Gasteiger partial charge in [-0.1, -0.05) is 33.6 Å². The van der Waals surface area contributed by atoms with E-state index in [1.807, 2.05) is 27.7 Å². The van der Waals surface area contributed by atoms with Gasteiger partial charge in [0, 0.05) is 30.8 Å². The molecule has 0 heterocycles. The number of Topliss-reactive ketones (excluding diaryl/α,β-unsaturated/α-hetero) is 1. The summed E-state index contributed by atoms with van der Waals surface area (Å²) in [6.45, 7) is 7.61. The first kappa shape index (κ1) is 30.2. The molecule has 8 N–H and O–H groups in total. The molecule has 0 rings (SSSR count). The van der Waals surface area contributed by atoms with Crippen LogP contribution in [0.4, 0.5) is 0 Å². The van der Waals surface area contributed by atoms with Crippen molar-refractivity contribution in [1.29, 1.82) is 5.41 Å². The maximum atomic E-state index is 13.0. The minimum Gasteiger partial charge on any atom is -0.395 e. The van der Waals surface area contributed by atoms with Gasteiger partial charge in [-0.3, -0.25) is 15.0 Å². The lowest BCUT2D eigenvalue weighted by Gasteiger charge is -2.27. The monoisotopic (exact) mass is 455 g/mol. The molecule has 5 atom stereocenters. The van der Waals surface area contributed by atoms with E-state index in [1.165, 1.54) is 0 Å². The molecular weight excluding hydrogens is 410 g/mol. The largest absolute Gasteiger partial charge is 0.395 e. The van der Waals surface area contributed by atoms with Crippen molar-refractivity contribution in [2.75, 3.05) is 6.61 Å². The number of hydrogen-bond acceptors (Lipinski definition) is 7. The average molecular weight is 456 g/mol. The molecular formula is C23H45N5O4. The molecule has 0 aromatic heterocycles. The van der Waals surface area contributed by atoms with Gasteiger partial charge >= 0.3 is 0 Å². The summed E-state index contributed by atoms with van der Waals surface area (Å²) < 4.78 is 0. The van der Waals surface area contributed by atoms with Crippen molar-refractivity contribution in [3.05, 3.63) is 0 Å². The molecule has 9 heteroatoms. The van der Waals surface area contributed by atoms with Gasteiger partial charge in [-0.15, -0.1) is 0 Å². The molecule has 0 radical (unpaired) electrons. The number of aldehydes is 1. The lowest BCUT2D eigenvalue weighted by atomic mass is 9.90. The summed E-state index contributed by atoms with van der Waals surface area (Å²) in [5.74, 6) is -0.783. The number of amides is 1. The Morgan fingerprint density at radius 1 is 1.16 bits per heavy atom. The Kier molecular flexibility index (Phi) is 15.8. The summed E-state index contributed by atoms with van der Waals surface area (Å²) in [5, 5.41) is 22.9. The fourth-order valence-electron chi connectivity index (χ4n) is 3.61. The molecule has 0 bridgehead atoms. The molecule has 186 valence electrons. The van der Waals surface area contributed by atoms with Crippen molar-refractivity contribution >= 4 is 23.8 Å². The zero-order chi connectivity index (χ0) is 24.7. The molecule has 0 saturated carbocycles. The van der Waals surface area contributed by atoms with Gasteiger partial charge in [0.15, 0.2) is 5.78 Å². The fraction of sp³-hybridized carbons (Fsp3) is 0.826. The van der Waals surface area contributed by atoms with Gasteiger partial charge < -0.3 is 32.0 Å². The predicted molar refractivity (Wildman–Crippen MR) is 127 cm³/mol. The van der Waals surface area contributed by atoms with Crippen LogP contribution in [-0.4, -0.2) is 59.7 Å². The molecule has 0 fully saturated rings. The lowest BCUT2D eigenvalue weighted by Crippen LogP contribution is -2.50. The quantitative estimate of drug-likeness (QED) is 0.0736. The van der Waals surface area contributed by atoms with Crippen LogP contribution in [0.1, 0.15) is 79.1 Å². The third-order valence-electron chi connectivity index (χ3n) is 5.57. The van der Waals surface area contributed by atoms with Crippen LogP contribution in [0.2, 0.25) is 0 Å². The molecule has 0 aliphatic heterocycles. The molecule has 0 spiro atoms. The molecule has 5 unspecified atom stereocenters. The number of rotatable bonds is 19. The number of carbonyl (C=O) groups is 3. The van der Waals surface area contributed by atoms with Gasteiger partial charge in [-0.05, 0) is 38.5 Å². The highest BCUT2D eigenvalue weighted by Crippen LogP contribution is 2.15. The summed E-state index contributed by atoms with van der Waals surface area (Å²) in [4.78, 5) is 37.1. The Bertz CT molecular complexity index is 585. The summed E-state index contributed by atoms with van der Waals surface area (Å²) >= 11 is 0. The Morgan fingerprint density at radius 3 is 2.31 bits per heavy atom. The first-order valence-corrected chi connectivity index (χ1v) is 11.8. The van der Waals surface area contributed by atoms with Crippen LogP contribution in [0.25, 0.3) is 0 Å². The minimum atomic E-state index is -0.680. The van der Waals surface area contributed by atoms with Gasteiger partial charge in [-0.25, -0.2) is 0 Å². The SMILES string of the molecule is CCCC(N)C(=O)NC(CC(C)C)C(=O)CC(C=O)C(C)NC(CO)CCCCC(=N)N. The number of unbranched alkanes of at least 4 members (excludes halogenated alkanes) is 1. The zero-order valence-electron chi connectivity index (χ0n) is 20.2. The van der Waals surface area contributed by atoms with E-state index in [0.29, 0.717) is 25.7 Å². The Morgan fingerprint density at radius 2 is 1.81 bits per heavy atom. The Hall–Kier alpha value is -1.84. The van der Waals surface area contributed by atoms with Crippen molar-refractivity contribution in [2.24, 2.45) is 23.3 Å². The van der Waals surface area contributed by atoms with Gasteiger partial charge in [0.25, 0.3) is 0 Å². The second kappa shape index (κ2) is 16.7. The maximum Gasteiger partial charge on any atom is 0.237 e. The van der Waals surface area contributed by atoms with Gasteiger partial charge in [0.1, 0.15) is 6.29 Å². The van der Waals surface area contributed by atoms with Crippen LogP contribution in [-0.2, 0) is 14.4 Å². The summed E-state index contributed by atoms with van der Waals surface area (Å²) in [7, 11) is 0. The normalized spacial score (nSPS) is 16.1. The number of aliphatic hydroxyl groups excluding tert-OH is 1. The Labute approximate surface area is 193 Å². The van der Waals surface area contributed by atoms with Crippen molar-refractivity contribution in [1.82, 2.24) is 10.6 Å². The van der Waals surface area contributed by atoms with E-state index in [9.17, 15) is 19.5 Å². The molecule has 0 aromatic carbocycles. The Balaban J connectivity index is 4.96. The van der Waals surface area contributed by atoms with E-state index < -0.39 is 18.0 Å². The van der Waals surface area contributed by atoms with Gasteiger partial charge in [0.05, 0.1) is 24.5 Å². The van der Waals surface area contributed by atoms with E-state index in [0.717, 1.165) is 25.5 Å². The molecule has 32 heavy (non-hydrogen) atoms. The highest BCUT2D eigenvalue weighted by molar-refractivity contribution is 5.91. The third kappa shape index (κ3) is 12.9. The zero-order valence-corrected chi connectivity index (χ0v) is 20.2. The van der Waals surface area contributed by atoms with Crippen LogP contribution in [0, 0.1) is 17.2 Å². The molecule has 0 aliphatic rings. The topological polar surface area (TPSA) is 171 Å². The third-order valence-corrected chi connectivity index (χ3v) is 5.57. The smallest absolute Gasteiger partial charge is 0.237 e. The van der Waals surface area contributed by atoms with E-state index in [4.69, 9.17) is 16.9 Å². The maximum absolute atomic E-state index is 13.0. The number of aliphatic hydroxyl groups is 1. The standard InChI is InChI=1S/C23H45N5O4/c1-5-8-19(24)23(32)28-20(11-15(2)3)21(31)12-17(13-29)16(4)27-18(14-30)9-6-7-10-22(25)26/h13,15-20,27,30H,5-12,14,24H2,1-4H3,(H3,25,26)(H,28,32). The summed E-state index contributed by atoms with van der Waals surface area (Å²) in [5.41, 5.74) is 11.2. The second-order valence-corrected chi connectivity index (χ2v) is 9.16. The highest BCUT2D eigenvalue weighted by Gasteiger charge is 2.29. The van der Waals surface area contributed by atoms with E-state index in [-0.39, 0.29) is 48.6 Å². The number of hydrogen-bond donors (Lipinski definition) is 6. The van der Waals surface area contributed by atoms with Crippen LogP contribution < -0.4 is 22.1 Å². The van der Waals surface area contributed by atoms with Crippen molar-refractivity contribution in [3.63, 3.8) is 0 Å². The minimum absolute atomic E-state index is 0.000828. The molecule has 0 aromatic rings. The average Bonchev–Trinajstić information content (AvgIpc) is 2.72. The number of nitrogens with one attached hydrogen (secondary N) is 3. The van der Waals surface area contributed by atoms with Crippen LogP contribution in [0.5, 0.6) is 0 Å². The summed E-state index contributed by atoms with van der Waals surface area (Å²) in [6, 6.07) is -1.87. The second-order valence-electron chi connectivity index (χ2n) is 9.16. The molecule has 0 saturated heterocycles. The van der Waals surface area contributed by atoms with Crippen LogP contribution >= 0.6 is 0 Å². The molecule has 1 amide bonds. The number of ketones is 1.